The maximum atomic E-state index is 12.6. The molecular weight excluding hydrogens is 307 g/mol. The minimum Gasteiger partial charge on any atom is -0.331 e. The Balaban J connectivity index is 1.86. The lowest BCUT2D eigenvalue weighted by Gasteiger charge is -2.23. The van der Waals surface area contributed by atoms with Gasteiger partial charge in [-0.15, -0.1) is 0 Å². The van der Waals surface area contributed by atoms with E-state index >= 15 is 0 Å². The average molecular weight is 321 g/mol. The van der Waals surface area contributed by atoms with E-state index in [2.05, 4.69) is 4.98 Å². The summed E-state index contributed by atoms with van der Waals surface area (Å²) in [6, 6.07) is 9.34. The number of hydrogen-bond acceptors (Lipinski definition) is 2. The summed E-state index contributed by atoms with van der Waals surface area (Å²) >= 11 is 12.3. The van der Waals surface area contributed by atoms with E-state index in [0.717, 1.165) is 18.4 Å². The van der Waals surface area contributed by atoms with Crippen molar-refractivity contribution in [2.24, 2.45) is 0 Å². The topological polar surface area (TPSA) is 33.2 Å². The molecule has 0 spiro atoms. The molecule has 1 saturated carbocycles. The summed E-state index contributed by atoms with van der Waals surface area (Å²) in [5.41, 5.74) is 1.47. The Morgan fingerprint density at radius 2 is 2.05 bits per heavy atom. The Labute approximate surface area is 133 Å². The zero-order chi connectivity index (χ0) is 14.8. The molecule has 3 nitrogen and oxygen atoms in total. The van der Waals surface area contributed by atoms with Crippen molar-refractivity contribution < 1.29 is 4.79 Å². The number of rotatable bonds is 4. The monoisotopic (exact) mass is 320 g/mol. The van der Waals surface area contributed by atoms with Gasteiger partial charge in [0.15, 0.2) is 0 Å². The highest BCUT2D eigenvalue weighted by molar-refractivity contribution is 6.42. The first-order valence-corrected chi connectivity index (χ1v) is 7.56. The van der Waals surface area contributed by atoms with Crippen LogP contribution in [0.1, 0.15) is 28.8 Å². The first-order valence-electron chi connectivity index (χ1n) is 6.80. The normalized spacial score (nSPS) is 14.0. The lowest BCUT2D eigenvalue weighted by molar-refractivity contribution is 0.0729. The smallest absolute Gasteiger partial charge is 0.255 e. The van der Waals surface area contributed by atoms with Crippen LogP contribution < -0.4 is 0 Å². The number of benzene rings is 1. The summed E-state index contributed by atoms with van der Waals surface area (Å²) in [5, 5.41) is 1.03. The minimum atomic E-state index is -0.0124. The third kappa shape index (κ3) is 3.20. The van der Waals surface area contributed by atoms with Gasteiger partial charge in [0, 0.05) is 25.0 Å². The molecule has 21 heavy (non-hydrogen) atoms. The zero-order valence-electron chi connectivity index (χ0n) is 11.3. The van der Waals surface area contributed by atoms with Crippen molar-refractivity contribution in [1.82, 2.24) is 9.88 Å². The van der Waals surface area contributed by atoms with Gasteiger partial charge in [0.25, 0.3) is 5.91 Å². The van der Waals surface area contributed by atoms with Crippen LogP contribution in [0.2, 0.25) is 10.0 Å². The summed E-state index contributed by atoms with van der Waals surface area (Å²) in [4.78, 5) is 18.5. The molecule has 0 bridgehead atoms. The van der Waals surface area contributed by atoms with Gasteiger partial charge < -0.3 is 4.90 Å². The van der Waals surface area contributed by atoms with Crippen molar-refractivity contribution >= 4 is 29.1 Å². The Hall–Kier alpha value is -1.58. The third-order valence-electron chi connectivity index (χ3n) is 3.53. The van der Waals surface area contributed by atoms with Gasteiger partial charge in [-0.25, -0.2) is 0 Å². The van der Waals surface area contributed by atoms with Crippen molar-refractivity contribution in [3.8, 4) is 0 Å². The Kier molecular flexibility index (Phi) is 4.13. The van der Waals surface area contributed by atoms with Crippen molar-refractivity contribution in [2.45, 2.75) is 25.4 Å². The molecule has 0 atom stereocenters. The van der Waals surface area contributed by atoms with Gasteiger partial charge in [0.2, 0.25) is 0 Å². The molecule has 2 aromatic rings. The molecule has 1 amide bonds. The number of pyridine rings is 1. The molecule has 0 saturated heterocycles. The fourth-order valence-electron chi connectivity index (χ4n) is 2.26. The van der Waals surface area contributed by atoms with Gasteiger partial charge in [0.05, 0.1) is 15.6 Å². The maximum Gasteiger partial charge on any atom is 0.255 e. The second-order valence-electron chi connectivity index (χ2n) is 5.12. The van der Waals surface area contributed by atoms with Crippen LogP contribution in [-0.2, 0) is 6.54 Å². The molecule has 1 aliphatic rings. The van der Waals surface area contributed by atoms with Gasteiger partial charge in [-0.05, 0) is 36.6 Å². The number of carbonyl (C=O) groups excluding carboxylic acids is 1. The van der Waals surface area contributed by atoms with Crippen LogP contribution in [0.3, 0.4) is 0 Å². The van der Waals surface area contributed by atoms with E-state index < -0.39 is 0 Å². The molecule has 1 aromatic heterocycles. The molecule has 0 aliphatic heterocycles. The van der Waals surface area contributed by atoms with Crippen LogP contribution in [0.4, 0.5) is 0 Å². The van der Waals surface area contributed by atoms with E-state index in [4.69, 9.17) is 23.2 Å². The van der Waals surface area contributed by atoms with E-state index in [1.54, 1.807) is 30.6 Å². The predicted molar refractivity (Wildman–Crippen MR) is 83.6 cm³/mol. The quantitative estimate of drug-likeness (QED) is 0.846. The van der Waals surface area contributed by atoms with Gasteiger partial charge in [-0.1, -0.05) is 35.3 Å². The van der Waals surface area contributed by atoms with E-state index in [9.17, 15) is 4.79 Å². The summed E-state index contributed by atoms with van der Waals surface area (Å²) < 4.78 is 0. The minimum absolute atomic E-state index is 0.0124. The molecule has 1 heterocycles. The molecule has 5 heteroatoms. The van der Waals surface area contributed by atoms with E-state index in [1.165, 1.54) is 0 Å². The Bertz CT molecular complexity index is 657. The van der Waals surface area contributed by atoms with Crippen LogP contribution in [0, 0.1) is 0 Å². The third-order valence-corrected chi connectivity index (χ3v) is 4.39. The summed E-state index contributed by atoms with van der Waals surface area (Å²) in [6.45, 7) is 0.470. The molecule has 0 N–H and O–H groups in total. The number of carbonyl (C=O) groups is 1. The molecule has 1 aromatic carbocycles. The van der Waals surface area contributed by atoms with Crippen molar-refractivity contribution in [3.05, 3.63) is 63.9 Å². The fraction of sp³-hybridized carbons (Fsp3) is 0.250. The van der Waals surface area contributed by atoms with Crippen LogP contribution >= 0.6 is 23.2 Å². The van der Waals surface area contributed by atoms with Crippen LogP contribution in [0.25, 0.3) is 0 Å². The zero-order valence-corrected chi connectivity index (χ0v) is 12.8. The first-order chi connectivity index (χ1) is 10.2. The Morgan fingerprint density at radius 3 is 2.71 bits per heavy atom. The number of nitrogens with zero attached hydrogens (tertiary/aromatic N) is 2. The maximum absolute atomic E-state index is 12.6. The molecule has 108 valence electrons. The molecule has 1 fully saturated rings. The number of halogens is 2. The summed E-state index contributed by atoms with van der Waals surface area (Å²) in [6.07, 6.45) is 5.32. The lowest BCUT2D eigenvalue weighted by atomic mass is 10.1. The largest absolute Gasteiger partial charge is 0.331 e. The van der Waals surface area contributed by atoms with E-state index in [1.807, 2.05) is 17.0 Å². The highest BCUT2D eigenvalue weighted by Gasteiger charge is 2.33. The molecule has 0 radical (unpaired) electrons. The molecular formula is C16H14Cl2N2O. The molecule has 3 rings (SSSR count). The fourth-order valence-corrected chi connectivity index (χ4v) is 2.64. The lowest BCUT2D eigenvalue weighted by Crippen LogP contribution is -2.32. The van der Waals surface area contributed by atoms with Crippen molar-refractivity contribution in [2.75, 3.05) is 0 Å². The standard InChI is InChI=1S/C16H14Cl2N2O/c17-14-5-1-3-12(15(14)18)10-20(13-6-7-13)16(21)11-4-2-8-19-9-11/h1-5,8-9,13H,6-7,10H2. The highest BCUT2D eigenvalue weighted by Crippen LogP contribution is 2.32. The second-order valence-corrected chi connectivity index (χ2v) is 5.90. The van der Waals surface area contributed by atoms with Crippen molar-refractivity contribution in [3.63, 3.8) is 0 Å². The van der Waals surface area contributed by atoms with Gasteiger partial charge in [-0.2, -0.15) is 0 Å². The average Bonchev–Trinajstić information content (AvgIpc) is 3.34. The van der Waals surface area contributed by atoms with E-state index in [0.29, 0.717) is 22.2 Å². The predicted octanol–water partition coefficient (Wildman–Crippen LogP) is 4.19. The highest BCUT2D eigenvalue weighted by atomic mass is 35.5. The summed E-state index contributed by atoms with van der Waals surface area (Å²) in [7, 11) is 0. The molecule has 1 aliphatic carbocycles. The second kappa shape index (κ2) is 6.04. The number of amides is 1. The van der Waals surface area contributed by atoms with Crippen molar-refractivity contribution in [1.29, 1.82) is 0 Å². The van der Waals surface area contributed by atoms with Crippen LogP contribution in [0.15, 0.2) is 42.7 Å². The molecule has 0 unspecified atom stereocenters. The van der Waals surface area contributed by atoms with Crippen LogP contribution in [-0.4, -0.2) is 21.8 Å². The van der Waals surface area contributed by atoms with E-state index in [-0.39, 0.29) is 11.9 Å². The number of aromatic nitrogens is 1. The first kappa shape index (κ1) is 14.4. The Morgan fingerprint density at radius 1 is 1.24 bits per heavy atom. The van der Waals surface area contributed by atoms with Gasteiger partial charge in [-0.3, -0.25) is 9.78 Å². The van der Waals surface area contributed by atoms with Gasteiger partial charge >= 0.3 is 0 Å². The SMILES string of the molecule is O=C(c1cccnc1)N(Cc1cccc(Cl)c1Cl)C1CC1. The summed E-state index contributed by atoms with van der Waals surface area (Å²) in [5.74, 6) is -0.0124. The van der Waals surface area contributed by atoms with Crippen LogP contribution in [0.5, 0.6) is 0 Å². The van der Waals surface area contributed by atoms with Gasteiger partial charge in [0.1, 0.15) is 0 Å². The number of hydrogen-bond donors (Lipinski definition) is 0.